The van der Waals surface area contributed by atoms with Gasteiger partial charge in [0.15, 0.2) is 0 Å². The predicted molar refractivity (Wildman–Crippen MR) is 91.1 cm³/mol. The second-order valence-corrected chi connectivity index (χ2v) is 7.22. The standard InChI is InChI=1S/C19H33NO/c1-7-12-20(18(21)16(5)8-2)14-17-13-19(17,6)11-9-10-15(3)4/h7,10,16-17H,1,8-9,11-14H2,2-6H3. The molecule has 1 saturated carbocycles. The molecule has 0 aromatic rings. The quantitative estimate of drug-likeness (QED) is 0.558. The minimum Gasteiger partial charge on any atom is -0.338 e. The van der Waals surface area contributed by atoms with E-state index in [1.807, 2.05) is 17.9 Å². The molecular formula is C19H33NO. The summed E-state index contributed by atoms with van der Waals surface area (Å²) >= 11 is 0. The molecule has 1 aliphatic carbocycles. The van der Waals surface area contributed by atoms with Gasteiger partial charge in [0.2, 0.25) is 5.91 Å². The lowest BCUT2D eigenvalue weighted by Crippen LogP contribution is -2.37. The molecule has 0 aromatic carbocycles. The van der Waals surface area contributed by atoms with Crippen LogP contribution in [0, 0.1) is 17.3 Å². The van der Waals surface area contributed by atoms with Crippen molar-refractivity contribution in [2.75, 3.05) is 13.1 Å². The topological polar surface area (TPSA) is 20.3 Å². The molecule has 0 spiro atoms. The Morgan fingerprint density at radius 3 is 2.67 bits per heavy atom. The molecule has 0 aliphatic heterocycles. The number of rotatable bonds is 9. The molecule has 2 heteroatoms. The zero-order valence-electron chi connectivity index (χ0n) is 14.6. The van der Waals surface area contributed by atoms with E-state index in [1.54, 1.807) is 0 Å². The maximum Gasteiger partial charge on any atom is 0.225 e. The highest BCUT2D eigenvalue weighted by atomic mass is 16.2. The summed E-state index contributed by atoms with van der Waals surface area (Å²) in [5.41, 5.74) is 1.83. The highest BCUT2D eigenvalue weighted by molar-refractivity contribution is 5.78. The van der Waals surface area contributed by atoms with Crippen molar-refractivity contribution in [2.24, 2.45) is 17.3 Å². The van der Waals surface area contributed by atoms with Crippen molar-refractivity contribution in [1.82, 2.24) is 4.90 Å². The van der Waals surface area contributed by atoms with Gasteiger partial charge in [-0.2, -0.15) is 0 Å². The monoisotopic (exact) mass is 291 g/mol. The number of amides is 1. The lowest BCUT2D eigenvalue weighted by molar-refractivity contribution is -0.134. The normalized spacial score (nSPS) is 25.1. The first kappa shape index (κ1) is 18.0. The predicted octanol–water partition coefficient (Wildman–Crippen LogP) is 4.82. The fourth-order valence-corrected chi connectivity index (χ4v) is 2.95. The second-order valence-electron chi connectivity index (χ2n) is 7.22. The van der Waals surface area contributed by atoms with Crippen LogP contribution in [0.2, 0.25) is 0 Å². The third-order valence-corrected chi connectivity index (χ3v) is 4.94. The highest BCUT2D eigenvalue weighted by Gasteiger charge is 2.49. The Hall–Kier alpha value is -1.05. The van der Waals surface area contributed by atoms with Crippen LogP contribution in [0.5, 0.6) is 0 Å². The summed E-state index contributed by atoms with van der Waals surface area (Å²) in [4.78, 5) is 14.4. The molecule has 3 atom stereocenters. The Morgan fingerprint density at radius 2 is 2.14 bits per heavy atom. The van der Waals surface area contributed by atoms with E-state index in [4.69, 9.17) is 0 Å². The number of nitrogens with zero attached hydrogens (tertiary/aromatic N) is 1. The summed E-state index contributed by atoms with van der Waals surface area (Å²) in [6.07, 6.45) is 8.74. The van der Waals surface area contributed by atoms with Crippen LogP contribution in [0.15, 0.2) is 24.3 Å². The molecule has 1 aliphatic rings. The number of allylic oxidation sites excluding steroid dienone is 2. The smallest absolute Gasteiger partial charge is 0.225 e. The average molecular weight is 291 g/mol. The fourth-order valence-electron chi connectivity index (χ4n) is 2.95. The van der Waals surface area contributed by atoms with Crippen molar-refractivity contribution in [3.8, 4) is 0 Å². The summed E-state index contributed by atoms with van der Waals surface area (Å²) in [5.74, 6) is 1.08. The summed E-state index contributed by atoms with van der Waals surface area (Å²) in [6, 6.07) is 0. The second kappa shape index (κ2) is 7.82. The van der Waals surface area contributed by atoms with Crippen LogP contribution in [0.4, 0.5) is 0 Å². The van der Waals surface area contributed by atoms with Crippen molar-refractivity contribution >= 4 is 5.91 Å². The van der Waals surface area contributed by atoms with E-state index >= 15 is 0 Å². The molecule has 3 unspecified atom stereocenters. The van der Waals surface area contributed by atoms with Crippen molar-refractivity contribution in [3.05, 3.63) is 24.3 Å². The largest absolute Gasteiger partial charge is 0.338 e. The van der Waals surface area contributed by atoms with E-state index < -0.39 is 0 Å². The third-order valence-electron chi connectivity index (χ3n) is 4.94. The molecular weight excluding hydrogens is 258 g/mol. The maximum absolute atomic E-state index is 12.4. The SMILES string of the molecule is C=CCN(CC1CC1(C)CCC=C(C)C)C(=O)C(C)CC. The molecule has 1 fully saturated rings. The van der Waals surface area contributed by atoms with E-state index in [-0.39, 0.29) is 11.8 Å². The van der Waals surface area contributed by atoms with E-state index in [9.17, 15) is 4.79 Å². The molecule has 0 heterocycles. The van der Waals surface area contributed by atoms with E-state index in [2.05, 4.69) is 40.3 Å². The molecule has 1 amide bonds. The Bertz CT molecular complexity index is 394. The van der Waals surface area contributed by atoms with Gasteiger partial charge in [-0.25, -0.2) is 0 Å². The molecule has 0 saturated heterocycles. The van der Waals surface area contributed by atoms with Gasteiger partial charge >= 0.3 is 0 Å². The first-order valence-electron chi connectivity index (χ1n) is 8.37. The van der Waals surface area contributed by atoms with Crippen LogP contribution >= 0.6 is 0 Å². The molecule has 1 rings (SSSR count). The van der Waals surface area contributed by atoms with Gasteiger partial charge in [0.05, 0.1) is 0 Å². The number of hydrogen-bond donors (Lipinski definition) is 0. The number of carbonyl (C=O) groups excluding carboxylic acids is 1. The zero-order valence-corrected chi connectivity index (χ0v) is 14.6. The summed E-state index contributed by atoms with van der Waals surface area (Å²) < 4.78 is 0. The average Bonchev–Trinajstić information content (AvgIpc) is 3.06. The zero-order chi connectivity index (χ0) is 16.0. The van der Waals surface area contributed by atoms with Gasteiger partial charge in [-0.05, 0) is 50.9 Å². The minimum atomic E-state index is 0.126. The van der Waals surface area contributed by atoms with Crippen LogP contribution < -0.4 is 0 Å². The highest BCUT2D eigenvalue weighted by Crippen LogP contribution is 2.55. The summed E-state index contributed by atoms with van der Waals surface area (Å²) in [5, 5.41) is 0. The Balaban J connectivity index is 2.52. The Morgan fingerprint density at radius 1 is 1.48 bits per heavy atom. The first-order chi connectivity index (χ1) is 9.84. The van der Waals surface area contributed by atoms with Gasteiger partial charge in [-0.15, -0.1) is 6.58 Å². The van der Waals surface area contributed by atoms with Gasteiger partial charge in [0, 0.05) is 19.0 Å². The molecule has 0 bridgehead atoms. The van der Waals surface area contributed by atoms with Gasteiger partial charge in [-0.1, -0.05) is 38.5 Å². The van der Waals surface area contributed by atoms with Crippen LogP contribution in [0.3, 0.4) is 0 Å². The summed E-state index contributed by atoms with van der Waals surface area (Å²) in [7, 11) is 0. The van der Waals surface area contributed by atoms with Gasteiger partial charge in [0.25, 0.3) is 0 Å². The lowest BCUT2D eigenvalue weighted by atomic mass is 9.98. The maximum atomic E-state index is 12.4. The molecule has 0 aromatic heterocycles. The Labute approximate surface area is 131 Å². The Kier molecular flexibility index (Phi) is 6.70. The first-order valence-corrected chi connectivity index (χ1v) is 8.37. The number of carbonyl (C=O) groups is 1. The third kappa shape index (κ3) is 5.33. The van der Waals surface area contributed by atoms with Gasteiger partial charge in [-0.3, -0.25) is 4.79 Å². The summed E-state index contributed by atoms with van der Waals surface area (Å²) in [6.45, 7) is 16.2. The fraction of sp³-hybridized carbons (Fsp3) is 0.737. The lowest BCUT2D eigenvalue weighted by Gasteiger charge is -2.25. The van der Waals surface area contributed by atoms with Crippen molar-refractivity contribution in [2.45, 2.75) is 60.3 Å². The van der Waals surface area contributed by atoms with Gasteiger partial charge in [0.1, 0.15) is 0 Å². The van der Waals surface area contributed by atoms with E-state index in [1.165, 1.54) is 18.4 Å². The molecule has 120 valence electrons. The van der Waals surface area contributed by atoms with Crippen molar-refractivity contribution in [3.63, 3.8) is 0 Å². The molecule has 21 heavy (non-hydrogen) atoms. The van der Waals surface area contributed by atoms with Crippen molar-refractivity contribution < 1.29 is 4.79 Å². The van der Waals surface area contributed by atoms with E-state index in [0.717, 1.165) is 19.4 Å². The molecule has 0 radical (unpaired) electrons. The van der Waals surface area contributed by atoms with Crippen LogP contribution in [0.1, 0.15) is 60.3 Å². The minimum absolute atomic E-state index is 0.126. The van der Waals surface area contributed by atoms with Crippen LogP contribution in [-0.2, 0) is 4.79 Å². The van der Waals surface area contributed by atoms with Crippen molar-refractivity contribution in [1.29, 1.82) is 0 Å². The number of hydrogen-bond acceptors (Lipinski definition) is 1. The van der Waals surface area contributed by atoms with Gasteiger partial charge < -0.3 is 4.90 Å². The molecule has 2 nitrogen and oxygen atoms in total. The van der Waals surface area contributed by atoms with E-state index in [0.29, 0.717) is 17.9 Å². The van der Waals surface area contributed by atoms with Crippen LogP contribution in [-0.4, -0.2) is 23.9 Å². The molecule has 0 N–H and O–H groups in total. The van der Waals surface area contributed by atoms with Crippen LogP contribution in [0.25, 0.3) is 0 Å².